The third-order valence-electron chi connectivity index (χ3n) is 5.11. The summed E-state index contributed by atoms with van der Waals surface area (Å²) in [7, 11) is 0. The van der Waals surface area contributed by atoms with Gasteiger partial charge in [-0.2, -0.15) is 0 Å². The molecule has 0 aliphatic carbocycles. The van der Waals surface area contributed by atoms with E-state index in [1.165, 1.54) is 12.4 Å². The van der Waals surface area contributed by atoms with Gasteiger partial charge in [-0.3, -0.25) is 15.0 Å². The summed E-state index contributed by atoms with van der Waals surface area (Å²) in [6, 6.07) is 15.0. The fourth-order valence-corrected chi connectivity index (χ4v) is 3.51. The molecule has 2 N–H and O–H groups in total. The maximum Gasteiger partial charge on any atom is 0.200 e. The Hall–Kier alpha value is -4.24. The highest BCUT2D eigenvalue weighted by molar-refractivity contribution is 5.78. The van der Waals surface area contributed by atoms with Crippen molar-refractivity contribution in [2.24, 2.45) is 0 Å². The number of pyridine rings is 3. The van der Waals surface area contributed by atoms with Crippen molar-refractivity contribution in [3.63, 3.8) is 0 Å². The summed E-state index contributed by atoms with van der Waals surface area (Å²) in [5.41, 5.74) is 3.69. The van der Waals surface area contributed by atoms with Crippen LogP contribution in [0, 0.1) is 5.82 Å². The lowest BCUT2D eigenvalue weighted by molar-refractivity contribution is 0.625. The number of fused-ring (bicyclic) bond motifs is 1. The van der Waals surface area contributed by atoms with Crippen molar-refractivity contribution in [1.82, 2.24) is 34.9 Å². The molecular weight excluding hydrogens is 419 g/mol. The van der Waals surface area contributed by atoms with Gasteiger partial charge in [0.15, 0.2) is 11.6 Å². The second-order valence-electron chi connectivity index (χ2n) is 7.36. The highest BCUT2D eigenvalue weighted by Gasteiger charge is 2.16. The minimum atomic E-state index is -0.463. The molecule has 0 spiro atoms. The number of nitrogens with one attached hydrogen (secondary N) is 2. The Morgan fingerprint density at radius 1 is 0.939 bits per heavy atom. The Kier molecular flexibility index (Phi) is 5.94. The second kappa shape index (κ2) is 9.49. The van der Waals surface area contributed by atoms with Gasteiger partial charge >= 0.3 is 0 Å². The number of nitrogens with zero attached hydrogens (tertiary/aromatic N) is 6. The highest BCUT2D eigenvalue weighted by atomic mass is 19.1. The number of rotatable bonds is 8. The van der Waals surface area contributed by atoms with Crippen LogP contribution >= 0.6 is 0 Å². The van der Waals surface area contributed by atoms with Crippen LogP contribution < -0.4 is 10.6 Å². The van der Waals surface area contributed by atoms with Gasteiger partial charge in [0.1, 0.15) is 11.2 Å². The fourth-order valence-electron chi connectivity index (χ4n) is 3.51. The first-order chi connectivity index (χ1) is 16.3. The topological polar surface area (TPSA) is 92.9 Å². The predicted octanol–water partition coefficient (Wildman–Crippen LogP) is 3.80. The molecule has 0 aliphatic rings. The number of aromatic nitrogens is 6. The molecule has 5 aromatic heterocycles. The van der Waals surface area contributed by atoms with Gasteiger partial charge in [0.25, 0.3) is 0 Å². The largest absolute Gasteiger partial charge is 0.336 e. The molecule has 0 amide bonds. The number of halogens is 1. The molecule has 0 saturated heterocycles. The Labute approximate surface area is 189 Å². The van der Waals surface area contributed by atoms with Gasteiger partial charge in [0.05, 0.1) is 11.9 Å². The molecule has 0 unspecified atom stereocenters. The van der Waals surface area contributed by atoms with Crippen LogP contribution in [-0.2, 0) is 13.0 Å². The first kappa shape index (κ1) is 20.7. The molecule has 5 heterocycles. The quantitative estimate of drug-likeness (QED) is 0.355. The molecule has 5 aromatic rings. The van der Waals surface area contributed by atoms with E-state index in [9.17, 15) is 4.39 Å². The van der Waals surface area contributed by atoms with Crippen molar-refractivity contribution in [3.8, 4) is 11.5 Å². The van der Waals surface area contributed by atoms with Crippen molar-refractivity contribution in [2.45, 2.75) is 13.0 Å². The number of hydrogen-bond acceptors (Lipinski definition) is 7. The van der Waals surface area contributed by atoms with E-state index in [1.54, 1.807) is 23.0 Å². The standard InChI is InChI=1S/C24H21FN8/c25-19-16-27-13-8-20(19)30-24-22-17(15-26-12-7-18-5-1-3-10-28-18)9-14-33(22)32-23(31-24)21-6-2-4-11-29-21/h1-6,8-11,13-14,16,26H,7,12,15H2,(H,27,30,31,32). The molecule has 0 aliphatic heterocycles. The monoisotopic (exact) mass is 440 g/mol. The molecule has 0 saturated carbocycles. The fraction of sp³-hybridized carbons (Fsp3) is 0.125. The number of hydrogen-bond donors (Lipinski definition) is 2. The van der Waals surface area contributed by atoms with E-state index in [4.69, 9.17) is 0 Å². The van der Waals surface area contributed by atoms with Crippen LogP contribution in [0.3, 0.4) is 0 Å². The average Bonchev–Trinajstić information content (AvgIpc) is 3.28. The number of anilines is 2. The summed E-state index contributed by atoms with van der Waals surface area (Å²) in [5.74, 6) is 0.461. The molecule has 9 heteroatoms. The van der Waals surface area contributed by atoms with Crippen molar-refractivity contribution < 1.29 is 4.39 Å². The van der Waals surface area contributed by atoms with Crippen molar-refractivity contribution in [2.75, 3.05) is 11.9 Å². The second-order valence-corrected chi connectivity index (χ2v) is 7.36. The molecule has 0 radical (unpaired) electrons. The Bertz CT molecular complexity index is 1360. The summed E-state index contributed by atoms with van der Waals surface area (Å²) in [6.45, 7) is 1.37. The van der Waals surface area contributed by atoms with E-state index in [2.05, 4.69) is 35.7 Å². The van der Waals surface area contributed by atoms with E-state index in [0.717, 1.165) is 29.7 Å². The van der Waals surface area contributed by atoms with Crippen LogP contribution in [0.5, 0.6) is 0 Å². The van der Waals surface area contributed by atoms with Crippen LogP contribution in [0.1, 0.15) is 11.3 Å². The van der Waals surface area contributed by atoms with Gasteiger partial charge in [-0.05, 0) is 42.0 Å². The highest BCUT2D eigenvalue weighted by Crippen LogP contribution is 2.27. The zero-order valence-electron chi connectivity index (χ0n) is 17.7. The SMILES string of the molecule is Fc1cnccc1Nc1nc(-c2ccccn2)nn2ccc(CNCCc3ccccn3)c12. The van der Waals surface area contributed by atoms with Crippen LogP contribution in [0.2, 0.25) is 0 Å². The van der Waals surface area contributed by atoms with E-state index in [0.29, 0.717) is 23.9 Å². The maximum absolute atomic E-state index is 14.3. The predicted molar refractivity (Wildman–Crippen MR) is 123 cm³/mol. The van der Waals surface area contributed by atoms with Crippen molar-refractivity contribution in [3.05, 3.63) is 96.6 Å². The van der Waals surface area contributed by atoms with Crippen LogP contribution in [0.15, 0.2) is 79.5 Å². The van der Waals surface area contributed by atoms with Gasteiger partial charge in [0.2, 0.25) is 5.82 Å². The molecule has 0 atom stereocenters. The molecule has 0 bridgehead atoms. The summed E-state index contributed by atoms with van der Waals surface area (Å²) >= 11 is 0. The summed E-state index contributed by atoms with van der Waals surface area (Å²) in [6.07, 6.45) is 8.86. The molecular formula is C24H21FN8. The van der Waals surface area contributed by atoms with Gasteiger partial charge in [0, 0.05) is 50.0 Å². The lowest BCUT2D eigenvalue weighted by Crippen LogP contribution is -2.17. The first-order valence-electron chi connectivity index (χ1n) is 10.5. The lowest BCUT2D eigenvalue weighted by Gasteiger charge is -2.12. The molecule has 5 rings (SSSR count). The summed E-state index contributed by atoms with van der Waals surface area (Å²) in [5, 5.41) is 11.2. The summed E-state index contributed by atoms with van der Waals surface area (Å²) in [4.78, 5) is 17.2. The lowest BCUT2D eigenvalue weighted by atomic mass is 10.2. The van der Waals surface area contributed by atoms with E-state index >= 15 is 0 Å². The average molecular weight is 440 g/mol. The maximum atomic E-state index is 14.3. The third-order valence-corrected chi connectivity index (χ3v) is 5.11. The van der Waals surface area contributed by atoms with Crippen LogP contribution in [0.4, 0.5) is 15.9 Å². The van der Waals surface area contributed by atoms with Crippen molar-refractivity contribution >= 4 is 17.0 Å². The van der Waals surface area contributed by atoms with Gasteiger partial charge < -0.3 is 10.6 Å². The van der Waals surface area contributed by atoms with E-state index in [1.807, 2.05) is 48.7 Å². The summed E-state index contributed by atoms with van der Waals surface area (Å²) < 4.78 is 16.1. The Morgan fingerprint density at radius 2 is 1.82 bits per heavy atom. The van der Waals surface area contributed by atoms with Gasteiger partial charge in [-0.1, -0.05) is 12.1 Å². The minimum absolute atomic E-state index is 0.285. The molecule has 0 fully saturated rings. The smallest absolute Gasteiger partial charge is 0.200 e. The van der Waals surface area contributed by atoms with Crippen molar-refractivity contribution in [1.29, 1.82) is 0 Å². The van der Waals surface area contributed by atoms with Gasteiger partial charge in [-0.15, -0.1) is 5.10 Å². The molecule has 8 nitrogen and oxygen atoms in total. The van der Waals surface area contributed by atoms with Crippen LogP contribution in [-0.4, -0.2) is 36.1 Å². The third kappa shape index (κ3) is 4.68. The first-order valence-corrected chi connectivity index (χ1v) is 10.5. The Morgan fingerprint density at radius 3 is 2.61 bits per heavy atom. The van der Waals surface area contributed by atoms with E-state index < -0.39 is 5.82 Å². The van der Waals surface area contributed by atoms with Crippen LogP contribution in [0.25, 0.3) is 17.0 Å². The molecule has 0 aromatic carbocycles. The minimum Gasteiger partial charge on any atom is -0.336 e. The zero-order valence-corrected chi connectivity index (χ0v) is 17.7. The van der Waals surface area contributed by atoms with Gasteiger partial charge in [-0.25, -0.2) is 13.9 Å². The molecule has 164 valence electrons. The Balaban J connectivity index is 1.45. The molecule has 33 heavy (non-hydrogen) atoms. The van der Waals surface area contributed by atoms with E-state index in [-0.39, 0.29) is 5.69 Å². The normalized spacial score (nSPS) is 11.1. The zero-order chi connectivity index (χ0) is 22.5.